The molecule has 2 heteroatoms. The minimum absolute atomic E-state index is 0.483. The maximum absolute atomic E-state index is 5.59. The van der Waals surface area contributed by atoms with E-state index in [0.29, 0.717) is 10.8 Å². The number of unbranched alkanes of at least 4 members (excludes halogenated alkanes) is 2. The van der Waals surface area contributed by atoms with Gasteiger partial charge in [-0.05, 0) is 149 Å². The Morgan fingerprint density at radius 2 is 1.76 bits per heavy atom. The van der Waals surface area contributed by atoms with Gasteiger partial charge in [-0.2, -0.15) is 0 Å². The minimum Gasteiger partial charge on any atom is -0.330 e. The molecule has 0 spiro atoms. The molecule has 0 radical (unpaired) electrons. The van der Waals surface area contributed by atoms with E-state index in [0.717, 1.165) is 61.6 Å². The van der Waals surface area contributed by atoms with E-state index >= 15 is 0 Å². The standard InChI is InChI=1S/C35H62N2/c1-26(2)27(3)11-10-13-29-15-17-32-31-16-14-30-25-28(12-6-8-23-37-24-9-7-22-36)18-20-35(30,5)33(31)19-21-34(29,32)4/h12,25-27,29,31-33,37H,6-11,13-24,36H2,1-5H3/b28-12+. The third kappa shape index (κ3) is 6.59. The first-order chi connectivity index (χ1) is 17.8. The molecule has 0 aromatic carbocycles. The fraction of sp³-hybridized carbons (Fsp3) is 0.886. The third-order valence-electron chi connectivity index (χ3n) is 12.3. The van der Waals surface area contributed by atoms with Gasteiger partial charge in [0.15, 0.2) is 0 Å². The van der Waals surface area contributed by atoms with Gasteiger partial charge < -0.3 is 11.1 Å². The molecule has 2 nitrogen and oxygen atoms in total. The molecular weight excluding hydrogens is 448 g/mol. The number of allylic oxidation sites excluding steroid dienone is 4. The second kappa shape index (κ2) is 13.2. The SMILES string of the molecule is CC(C)C(C)CCCC1CCC2C3CCC4=C/C(=C/CCCNCCCCN)CCC4(C)C3CCC12C. The van der Waals surface area contributed by atoms with Crippen LogP contribution in [0.1, 0.15) is 131 Å². The Balaban J connectivity index is 1.31. The van der Waals surface area contributed by atoms with Crippen molar-refractivity contribution in [2.75, 3.05) is 19.6 Å². The van der Waals surface area contributed by atoms with Gasteiger partial charge in [-0.15, -0.1) is 0 Å². The zero-order chi connectivity index (χ0) is 26.5. The smallest absolute Gasteiger partial charge is 0.00460 e. The van der Waals surface area contributed by atoms with E-state index in [9.17, 15) is 0 Å². The predicted molar refractivity (Wildman–Crippen MR) is 162 cm³/mol. The summed E-state index contributed by atoms with van der Waals surface area (Å²) in [6.45, 7) is 15.8. The molecule has 37 heavy (non-hydrogen) atoms. The minimum atomic E-state index is 0.483. The molecule has 7 atom stereocenters. The summed E-state index contributed by atoms with van der Waals surface area (Å²) in [5, 5.41) is 3.58. The number of nitrogens with two attached hydrogens (primary N) is 1. The number of nitrogens with one attached hydrogen (secondary N) is 1. The number of hydrogen-bond acceptors (Lipinski definition) is 2. The number of hydrogen-bond donors (Lipinski definition) is 2. The van der Waals surface area contributed by atoms with Crippen molar-refractivity contribution < 1.29 is 0 Å². The topological polar surface area (TPSA) is 38.0 Å². The maximum Gasteiger partial charge on any atom is -0.00460 e. The van der Waals surface area contributed by atoms with Gasteiger partial charge >= 0.3 is 0 Å². The monoisotopic (exact) mass is 510 g/mol. The molecule has 0 heterocycles. The van der Waals surface area contributed by atoms with Crippen LogP contribution >= 0.6 is 0 Å². The van der Waals surface area contributed by atoms with Gasteiger partial charge in [0.05, 0.1) is 0 Å². The van der Waals surface area contributed by atoms with Gasteiger partial charge in [-0.1, -0.05) is 70.8 Å². The molecule has 0 saturated heterocycles. The Hall–Kier alpha value is -0.600. The van der Waals surface area contributed by atoms with Crippen LogP contribution in [0.25, 0.3) is 0 Å². The summed E-state index contributed by atoms with van der Waals surface area (Å²) < 4.78 is 0. The largest absolute Gasteiger partial charge is 0.330 e. The van der Waals surface area contributed by atoms with Crippen LogP contribution in [0.15, 0.2) is 23.3 Å². The Kier molecular flexibility index (Phi) is 10.5. The second-order valence-electron chi connectivity index (χ2n) is 14.6. The normalized spacial score (nSPS) is 37.3. The van der Waals surface area contributed by atoms with Crippen LogP contribution in [0.5, 0.6) is 0 Å². The first-order valence-electron chi connectivity index (χ1n) is 16.6. The fourth-order valence-electron chi connectivity index (χ4n) is 9.41. The lowest BCUT2D eigenvalue weighted by molar-refractivity contribution is -0.0513. The molecular formula is C35H62N2. The highest BCUT2D eigenvalue weighted by molar-refractivity contribution is 5.34. The van der Waals surface area contributed by atoms with Crippen molar-refractivity contribution >= 4 is 0 Å². The Bertz CT molecular complexity index is 780. The van der Waals surface area contributed by atoms with Crippen molar-refractivity contribution in [3.8, 4) is 0 Å². The highest BCUT2D eigenvalue weighted by Gasteiger charge is 2.58. The van der Waals surface area contributed by atoms with Crippen molar-refractivity contribution in [1.29, 1.82) is 0 Å². The van der Waals surface area contributed by atoms with Crippen LogP contribution in [0.3, 0.4) is 0 Å². The molecule has 4 aliphatic carbocycles. The molecule has 3 saturated carbocycles. The summed E-state index contributed by atoms with van der Waals surface area (Å²) in [5.74, 6) is 5.68. The van der Waals surface area contributed by atoms with Gasteiger partial charge in [0.2, 0.25) is 0 Å². The van der Waals surface area contributed by atoms with E-state index in [4.69, 9.17) is 5.73 Å². The zero-order valence-corrected chi connectivity index (χ0v) is 25.4. The van der Waals surface area contributed by atoms with Gasteiger partial charge in [0, 0.05) is 0 Å². The lowest BCUT2D eigenvalue weighted by Crippen LogP contribution is -2.50. The van der Waals surface area contributed by atoms with Crippen LogP contribution in [-0.4, -0.2) is 19.6 Å². The van der Waals surface area contributed by atoms with Crippen molar-refractivity contribution in [3.05, 3.63) is 23.3 Å². The lowest BCUT2D eigenvalue weighted by atomic mass is 9.46. The molecule has 4 rings (SSSR count). The van der Waals surface area contributed by atoms with E-state index in [1.807, 2.05) is 5.57 Å². The average Bonchev–Trinajstić information content (AvgIpc) is 3.21. The van der Waals surface area contributed by atoms with Crippen LogP contribution in [0, 0.1) is 46.3 Å². The summed E-state index contributed by atoms with van der Waals surface area (Å²) in [7, 11) is 0. The lowest BCUT2D eigenvalue weighted by Gasteiger charge is -2.58. The first-order valence-corrected chi connectivity index (χ1v) is 16.6. The van der Waals surface area contributed by atoms with E-state index < -0.39 is 0 Å². The van der Waals surface area contributed by atoms with Crippen molar-refractivity contribution in [2.45, 2.75) is 131 Å². The highest BCUT2D eigenvalue weighted by atomic mass is 14.8. The highest BCUT2D eigenvalue weighted by Crippen LogP contribution is 2.67. The number of rotatable bonds is 13. The molecule has 4 aliphatic rings. The molecule has 212 valence electrons. The van der Waals surface area contributed by atoms with Gasteiger partial charge in [0.1, 0.15) is 0 Å². The quantitative estimate of drug-likeness (QED) is 0.242. The van der Waals surface area contributed by atoms with E-state index in [1.165, 1.54) is 89.9 Å². The summed E-state index contributed by atoms with van der Waals surface area (Å²) in [6, 6.07) is 0. The third-order valence-corrected chi connectivity index (χ3v) is 12.3. The van der Waals surface area contributed by atoms with E-state index in [1.54, 1.807) is 5.57 Å². The van der Waals surface area contributed by atoms with Gasteiger partial charge in [-0.25, -0.2) is 0 Å². The molecule has 0 aromatic rings. The van der Waals surface area contributed by atoms with E-state index in [-0.39, 0.29) is 0 Å². The molecule has 0 aliphatic heterocycles. The van der Waals surface area contributed by atoms with Gasteiger partial charge in [-0.3, -0.25) is 0 Å². The summed E-state index contributed by atoms with van der Waals surface area (Å²) in [4.78, 5) is 0. The second-order valence-corrected chi connectivity index (χ2v) is 14.6. The maximum atomic E-state index is 5.59. The predicted octanol–water partition coefficient (Wildman–Crippen LogP) is 9.06. The van der Waals surface area contributed by atoms with Gasteiger partial charge in [0.25, 0.3) is 0 Å². The van der Waals surface area contributed by atoms with Crippen molar-refractivity contribution in [2.24, 2.45) is 52.1 Å². The van der Waals surface area contributed by atoms with Crippen LogP contribution < -0.4 is 11.1 Å². The molecule has 7 unspecified atom stereocenters. The van der Waals surface area contributed by atoms with Crippen LogP contribution in [-0.2, 0) is 0 Å². The first kappa shape index (κ1) is 29.4. The summed E-state index contributed by atoms with van der Waals surface area (Å²) in [5.41, 5.74) is 10.2. The zero-order valence-electron chi connectivity index (χ0n) is 25.4. The van der Waals surface area contributed by atoms with E-state index in [2.05, 4.69) is 52.1 Å². The Morgan fingerprint density at radius 3 is 2.54 bits per heavy atom. The Morgan fingerprint density at radius 1 is 0.946 bits per heavy atom. The fourth-order valence-corrected chi connectivity index (χ4v) is 9.41. The average molecular weight is 511 g/mol. The van der Waals surface area contributed by atoms with Crippen LogP contribution in [0.4, 0.5) is 0 Å². The number of fused-ring (bicyclic) bond motifs is 5. The molecule has 0 bridgehead atoms. The van der Waals surface area contributed by atoms with Crippen molar-refractivity contribution in [3.63, 3.8) is 0 Å². The molecule has 0 amide bonds. The Labute approximate surface area is 231 Å². The summed E-state index contributed by atoms with van der Waals surface area (Å²) >= 11 is 0. The van der Waals surface area contributed by atoms with Crippen LogP contribution in [0.2, 0.25) is 0 Å². The molecule has 3 N–H and O–H groups in total. The van der Waals surface area contributed by atoms with Crippen molar-refractivity contribution in [1.82, 2.24) is 5.32 Å². The summed E-state index contributed by atoms with van der Waals surface area (Å²) in [6.07, 6.45) is 26.1. The molecule has 3 fully saturated rings. The molecule has 0 aromatic heterocycles.